The van der Waals surface area contributed by atoms with Gasteiger partial charge in [-0.1, -0.05) is 12.2 Å². The monoisotopic (exact) mass is 620 g/mol. The number of aromatic nitrogens is 1. The topological polar surface area (TPSA) is 134 Å². The lowest BCUT2D eigenvalue weighted by atomic mass is 9.99. The van der Waals surface area contributed by atoms with Crippen molar-refractivity contribution in [2.45, 2.75) is 63.5 Å². The van der Waals surface area contributed by atoms with Crippen molar-refractivity contribution in [1.29, 1.82) is 0 Å². The SMILES string of the molecule is Cc1nc2c(N3CCN(C)CC3)cc(NC3NCC4C(=O)N5C/C=C\CCCN6C(=O)COC7CCC(NC76)N5C4N3)cc2o1. The molecule has 4 N–H and O–H groups in total. The molecule has 0 spiro atoms. The van der Waals surface area contributed by atoms with Crippen LogP contribution in [-0.4, -0.2) is 127 Å². The molecule has 0 radical (unpaired) electrons. The molecule has 6 aliphatic heterocycles. The number of nitrogens with one attached hydrogen (secondary N) is 4. The number of piperidine rings is 1. The lowest BCUT2D eigenvalue weighted by molar-refractivity contribution is -0.176. The van der Waals surface area contributed by atoms with E-state index in [1.165, 1.54) is 0 Å². The molecule has 14 heteroatoms. The zero-order chi connectivity index (χ0) is 30.7. The molecule has 1 aromatic carbocycles. The van der Waals surface area contributed by atoms with Crippen LogP contribution in [0.5, 0.6) is 0 Å². The van der Waals surface area contributed by atoms with Crippen LogP contribution in [0.1, 0.15) is 31.6 Å². The Labute approximate surface area is 263 Å². The number of hydrogen-bond acceptors (Lipinski definition) is 12. The van der Waals surface area contributed by atoms with Gasteiger partial charge in [0.2, 0.25) is 11.8 Å². The molecule has 2 aromatic rings. The smallest absolute Gasteiger partial charge is 0.249 e. The molecule has 0 saturated carbocycles. The van der Waals surface area contributed by atoms with E-state index in [0.29, 0.717) is 25.5 Å². The summed E-state index contributed by atoms with van der Waals surface area (Å²) in [4.78, 5) is 38.1. The predicted molar refractivity (Wildman–Crippen MR) is 168 cm³/mol. The van der Waals surface area contributed by atoms with Crippen molar-refractivity contribution in [3.8, 4) is 0 Å². The van der Waals surface area contributed by atoms with Gasteiger partial charge in [0, 0.05) is 57.9 Å². The first-order valence-electron chi connectivity index (χ1n) is 16.5. The van der Waals surface area contributed by atoms with Crippen molar-refractivity contribution < 1.29 is 18.7 Å². The number of carbonyl (C=O) groups excluding carboxylic acids is 2. The summed E-state index contributed by atoms with van der Waals surface area (Å²) in [5.41, 5.74) is 3.63. The average molecular weight is 621 g/mol. The van der Waals surface area contributed by atoms with Crippen molar-refractivity contribution in [3.05, 3.63) is 30.2 Å². The summed E-state index contributed by atoms with van der Waals surface area (Å²) in [6.45, 7) is 7.62. The van der Waals surface area contributed by atoms with Gasteiger partial charge in [0.15, 0.2) is 11.5 Å². The Morgan fingerprint density at radius 1 is 1.02 bits per heavy atom. The molecule has 7 heterocycles. The van der Waals surface area contributed by atoms with Crippen molar-refractivity contribution in [3.63, 3.8) is 0 Å². The van der Waals surface area contributed by atoms with Crippen LogP contribution in [0.15, 0.2) is 28.7 Å². The van der Waals surface area contributed by atoms with Crippen LogP contribution in [0.2, 0.25) is 0 Å². The Kier molecular flexibility index (Phi) is 7.66. The van der Waals surface area contributed by atoms with Crippen molar-refractivity contribution in [2.24, 2.45) is 5.92 Å². The van der Waals surface area contributed by atoms with E-state index in [1.807, 2.05) is 22.9 Å². The van der Waals surface area contributed by atoms with Gasteiger partial charge in [0.1, 0.15) is 24.6 Å². The minimum absolute atomic E-state index is 0.0248. The number of morpholine rings is 1. The Bertz CT molecular complexity index is 1470. The first-order chi connectivity index (χ1) is 21.9. The number of oxazole rings is 1. The molecule has 2 amide bonds. The summed E-state index contributed by atoms with van der Waals surface area (Å²) in [5, 5.41) is 18.7. The molecule has 1 aromatic heterocycles. The van der Waals surface area contributed by atoms with Crippen LogP contribution in [0.4, 0.5) is 11.4 Å². The van der Waals surface area contributed by atoms with Gasteiger partial charge in [0.25, 0.3) is 0 Å². The number of piperazine rings is 1. The minimum atomic E-state index is -0.287. The molecular formula is C31H44N10O4. The summed E-state index contributed by atoms with van der Waals surface area (Å²) in [6, 6.07) is 4.17. The zero-order valence-electron chi connectivity index (χ0n) is 26.1. The Hall–Kier alpha value is -3.27. The number of benzene rings is 1. The third-order valence-corrected chi connectivity index (χ3v) is 10.2. The van der Waals surface area contributed by atoms with E-state index < -0.39 is 0 Å². The van der Waals surface area contributed by atoms with E-state index in [1.54, 1.807) is 0 Å². The highest BCUT2D eigenvalue weighted by atomic mass is 16.5. The Balaban J connectivity index is 1.06. The number of allylic oxidation sites excluding steroid dienone is 1. The van der Waals surface area contributed by atoms with Crippen LogP contribution in [0, 0.1) is 12.8 Å². The van der Waals surface area contributed by atoms with Gasteiger partial charge in [0.05, 0.1) is 36.6 Å². The number of ether oxygens (including phenoxy) is 1. The van der Waals surface area contributed by atoms with Crippen LogP contribution < -0.4 is 26.2 Å². The maximum absolute atomic E-state index is 13.9. The third-order valence-electron chi connectivity index (χ3n) is 10.2. The number of hydrazine groups is 1. The van der Waals surface area contributed by atoms with Gasteiger partial charge in [-0.3, -0.25) is 30.5 Å². The average Bonchev–Trinajstić information content (AvgIpc) is 3.54. The first-order valence-corrected chi connectivity index (χ1v) is 16.5. The number of hydrogen-bond donors (Lipinski definition) is 4. The molecule has 5 fully saturated rings. The summed E-state index contributed by atoms with van der Waals surface area (Å²) in [7, 11) is 2.15. The zero-order valence-corrected chi connectivity index (χ0v) is 26.1. The molecule has 45 heavy (non-hydrogen) atoms. The number of aryl methyl sites for hydroxylation is 1. The quantitative estimate of drug-likeness (QED) is 0.354. The minimum Gasteiger partial charge on any atom is -0.441 e. The lowest BCUT2D eigenvalue weighted by Crippen LogP contribution is -2.72. The molecule has 2 bridgehead atoms. The largest absolute Gasteiger partial charge is 0.441 e. The van der Waals surface area contributed by atoms with Crippen LogP contribution >= 0.6 is 0 Å². The van der Waals surface area contributed by atoms with E-state index in [2.05, 4.69) is 61.3 Å². The number of carbonyl (C=O) groups is 2. The highest BCUT2D eigenvalue weighted by Gasteiger charge is 2.53. The number of nitrogens with zero attached hydrogens (tertiary/aromatic N) is 6. The second-order valence-corrected chi connectivity index (χ2v) is 13.1. The van der Waals surface area contributed by atoms with E-state index in [4.69, 9.17) is 14.1 Å². The fourth-order valence-corrected chi connectivity index (χ4v) is 7.83. The number of likely N-dealkylation sites (N-methyl/N-ethyl adjacent to an activating group) is 1. The van der Waals surface area contributed by atoms with Crippen molar-refractivity contribution in [1.82, 2.24) is 40.8 Å². The summed E-state index contributed by atoms with van der Waals surface area (Å²) in [6.07, 6.45) is 6.71. The Morgan fingerprint density at radius 3 is 2.76 bits per heavy atom. The highest BCUT2D eigenvalue weighted by Crippen LogP contribution is 2.35. The number of anilines is 2. The fraction of sp³-hybridized carbons (Fsp3) is 0.645. The van der Waals surface area contributed by atoms with Gasteiger partial charge >= 0.3 is 0 Å². The second kappa shape index (κ2) is 11.8. The molecule has 0 aliphatic carbocycles. The molecule has 6 atom stereocenters. The van der Waals surface area contributed by atoms with Crippen LogP contribution in [0.25, 0.3) is 11.1 Å². The molecule has 6 aliphatic rings. The molecule has 14 nitrogen and oxygen atoms in total. The van der Waals surface area contributed by atoms with E-state index in [0.717, 1.165) is 74.3 Å². The summed E-state index contributed by atoms with van der Waals surface area (Å²) >= 11 is 0. The highest BCUT2D eigenvalue weighted by molar-refractivity contribution is 5.91. The number of fused-ring (bicyclic) bond motifs is 6. The first kappa shape index (κ1) is 29.2. The maximum Gasteiger partial charge on any atom is 0.249 e. The summed E-state index contributed by atoms with van der Waals surface area (Å²) < 4.78 is 12.0. The Morgan fingerprint density at radius 2 is 1.89 bits per heavy atom. The van der Waals surface area contributed by atoms with Crippen LogP contribution in [0.3, 0.4) is 0 Å². The number of amides is 2. The predicted octanol–water partition coefficient (Wildman–Crippen LogP) is 0.391. The summed E-state index contributed by atoms with van der Waals surface area (Å²) in [5.74, 6) is 0.528. The van der Waals surface area contributed by atoms with Gasteiger partial charge < -0.3 is 29.2 Å². The van der Waals surface area contributed by atoms with Crippen LogP contribution in [-0.2, 0) is 14.3 Å². The molecule has 5 saturated heterocycles. The van der Waals surface area contributed by atoms with Crippen molar-refractivity contribution >= 4 is 34.3 Å². The molecule has 242 valence electrons. The number of rotatable bonds is 3. The maximum atomic E-state index is 13.9. The molecule has 6 unspecified atom stereocenters. The van der Waals surface area contributed by atoms with E-state index >= 15 is 0 Å². The lowest BCUT2D eigenvalue weighted by Gasteiger charge is -2.50. The van der Waals surface area contributed by atoms with Gasteiger partial charge in [-0.2, -0.15) is 5.01 Å². The third kappa shape index (κ3) is 5.36. The standard InChI is InChI=1S/C31H44N10O4/c1-19-33-27-22(38-13-11-37(2)12-14-38)15-20(16-24(27)45-19)34-31-32-17-21-28(36-31)41-25-8-7-23-29(35-25)39(26(42)18-44-23)9-5-3-4-6-10-40(41)30(21)43/h4,6,15-16,21,23,25,28-29,31-32,34-36H,3,5,7-14,17-18H2,1-2H3/b6-4-. The van der Waals surface area contributed by atoms with E-state index in [-0.39, 0.29) is 55.2 Å². The fourth-order valence-electron chi connectivity index (χ4n) is 7.83. The molecule has 8 rings (SSSR count). The normalized spacial score (nSPS) is 33.9. The van der Waals surface area contributed by atoms with Gasteiger partial charge in [-0.25, -0.2) is 4.98 Å². The van der Waals surface area contributed by atoms with E-state index in [9.17, 15) is 9.59 Å². The van der Waals surface area contributed by atoms with Crippen molar-refractivity contribution in [2.75, 3.05) is 69.7 Å². The van der Waals surface area contributed by atoms with Gasteiger partial charge in [-0.15, -0.1) is 0 Å². The molecular weight excluding hydrogens is 576 g/mol. The van der Waals surface area contributed by atoms with Gasteiger partial charge in [-0.05, 0) is 38.8 Å². The second-order valence-electron chi connectivity index (χ2n) is 13.1.